The van der Waals surface area contributed by atoms with E-state index < -0.39 is 17.9 Å². The molecule has 4 rings (SSSR count). The number of hydroxylamine groups is 1. The van der Waals surface area contributed by atoms with E-state index in [9.17, 15) is 14.0 Å². The summed E-state index contributed by atoms with van der Waals surface area (Å²) in [4.78, 5) is 26.9. The number of carbonyl (C=O) groups is 2. The number of amides is 2. The summed E-state index contributed by atoms with van der Waals surface area (Å²) < 4.78 is 13.1. The molecule has 7 heteroatoms. The summed E-state index contributed by atoms with van der Waals surface area (Å²) in [6.45, 7) is 1.94. The zero-order valence-electron chi connectivity index (χ0n) is 14.6. The van der Waals surface area contributed by atoms with Gasteiger partial charge in [-0.15, -0.1) is 0 Å². The molecule has 0 radical (unpaired) electrons. The highest BCUT2D eigenvalue weighted by Gasteiger charge is 2.53. The number of hydrogen-bond donors (Lipinski definition) is 3. The second-order valence-corrected chi connectivity index (χ2v) is 7.97. The van der Waals surface area contributed by atoms with Crippen molar-refractivity contribution in [1.82, 2.24) is 15.7 Å². The quantitative estimate of drug-likeness (QED) is 0.562. The van der Waals surface area contributed by atoms with E-state index in [2.05, 4.69) is 5.32 Å². The van der Waals surface area contributed by atoms with E-state index in [0.29, 0.717) is 19.5 Å². The SMILES string of the molecule is O=C(NO)C1CC2(CC2)CNC1C(=O)N1CCC(c2ccc(F)cc2)C1. The lowest BCUT2D eigenvalue weighted by Crippen LogP contribution is -2.58. The Hall–Kier alpha value is -1.99. The number of likely N-dealkylation sites (tertiary alicyclic amines) is 1. The molecule has 1 aromatic rings. The van der Waals surface area contributed by atoms with Crippen molar-refractivity contribution in [3.05, 3.63) is 35.6 Å². The molecule has 26 heavy (non-hydrogen) atoms. The molecule has 3 N–H and O–H groups in total. The van der Waals surface area contributed by atoms with E-state index in [1.807, 2.05) is 0 Å². The summed E-state index contributed by atoms with van der Waals surface area (Å²) in [7, 11) is 0. The van der Waals surface area contributed by atoms with Crippen LogP contribution in [0.4, 0.5) is 4.39 Å². The van der Waals surface area contributed by atoms with E-state index in [-0.39, 0.29) is 23.1 Å². The first-order valence-electron chi connectivity index (χ1n) is 9.23. The molecule has 2 aliphatic heterocycles. The van der Waals surface area contributed by atoms with E-state index in [0.717, 1.165) is 31.4 Å². The standard InChI is InChI=1S/C19H24FN3O3/c20-14-3-1-12(2-4-14)13-5-8-23(10-13)18(25)16-15(17(24)22-26)9-19(6-7-19)11-21-16/h1-4,13,15-16,21,26H,5-11H2,(H,22,24). The molecule has 2 saturated heterocycles. The van der Waals surface area contributed by atoms with Gasteiger partial charge in [0.05, 0.1) is 12.0 Å². The third-order valence-electron chi connectivity index (χ3n) is 6.26. The van der Waals surface area contributed by atoms with E-state index in [1.54, 1.807) is 22.5 Å². The van der Waals surface area contributed by atoms with Gasteiger partial charge in [-0.1, -0.05) is 12.1 Å². The summed E-state index contributed by atoms with van der Waals surface area (Å²) in [5.41, 5.74) is 2.88. The molecule has 1 aromatic carbocycles. The number of benzene rings is 1. The second-order valence-electron chi connectivity index (χ2n) is 7.97. The molecular weight excluding hydrogens is 337 g/mol. The van der Waals surface area contributed by atoms with Crippen molar-refractivity contribution in [1.29, 1.82) is 0 Å². The molecule has 1 spiro atoms. The Kier molecular flexibility index (Phi) is 4.44. The minimum Gasteiger partial charge on any atom is -0.341 e. The fourth-order valence-corrected chi connectivity index (χ4v) is 4.43. The molecule has 0 bridgehead atoms. The maximum atomic E-state index is 13.1. The molecule has 2 amide bonds. The van der Waals surface area contributed by atoms with Gasteiger partial charge in [-0.05, 0) is 48.8 Å². The smallest absolute Gasteiger partial charge is 0.248 e. The number of piperidine rings is 1. The summed E-state index contributed by atoms with van der Waals surface area (Å²) in [5.74, 6) is -1.20. The Morgan fingerprint density at radius 3 is 2.65 bits per heavy atom. The van der Waals surface area contributed by atoms with Crippen molar-refractivity contribution in [2.45, 2.75) is 37.6 Å². The van der Waals surface area contributed by atoms with Crippen LogP contribution in [0.5, 0.6) is 0 Å². The highest BCUT2D eigenvalue weighted by Crippen LogP contribution is 2.52. The van der Waals surface area contributed by atoms with Crippen LogP contribution in [0.2, 0.25) is 0 Å². The van der Waals surface area contributed by atoms with Crippen molar-refractivity contribution in [2.24, 2.45) is 11.3 Å². The maximum absolute atomic E-state index is 13.1. The topological polar surface area (TPSA) is 81.7 Å². The van der Waals surface area contributed by atoms with Gasteiger partial charge in [-0.2, -0.15) is 0 Å². The molecule has 3 unspecified atom stereocenters. The third kappa shape index (κ3) is 3.21. The van der Waals surface area contributed by atoms with Crippen molar-refractivity contribution in [2.75, 3.05) is 19.6 Å². The molecule has 3 fully saturated rings. The van der Waals surface area contributed by atoms with Gasteiger partial charge in [0, 0.05) is 25.6 Å². The van der Waals surface area contributed by atoms with E-state index in [1.165, 1.54) is 12.1 Å². The molecule has 6 nitrogen and oxygen atoms in total. The number of halogens is 1. The van der Waals surface area contributed by atoms with Gasteiger partial charge in [0.15, 0.2) is 0 Å². The Bertz CT molecular complexity index is 704. The predicted molar refractivity (Wildman–Crippen MR) is 91.8 cm³/mol. The number of hydrogen-bond acceptors (Lipinski definition) is 4. The van der Waals surface area contributed by atoms with Crippen molar-refractivity contribution >= 4 is 11.8 Å². The van der Waals surface area contributed by atoms with Gasteiger partial charge in [0.1, 0.15) is 5.82 Å². The van der Waals surface area contributed by atoms with Gasteiger partial charge in [0.2, 0.25) is 11.8 Å². The van der Waals surface area contributed by atoms with Crippen molar-refractivity contribution < 1.29 is 19.2 Å². The first kappa shape index (κ1) is 17.4. The Morgan fingerprint density at radius 1 is 1.27 bits per heavy atom. The number of nitrogens with zero attached hydrogens (tertiary/aromatic N) is 1. The summed E-state index contributed by atoms with van der Waals surface area (Å²) in [6.07, 6.45) is 3.59. The third-order valence-corrected chi connectivity index (χ3v) is 6.26. The number of nitrogens with one attached hydrogen (secondary N) is 2. The molecule has 1 aliphatic carbocycles. The number of carbonyl (C=O) groups excluding carboxylic acids is 2. The Labute approximate surface area is 151 Å². The lowest BCUT2D eigenvalue weighted by Gasteiger charge is -2.37. The zero-order valence-corrected chi connectivity index (χ0v) is 14.6. The Balaban J connectivity index is 1.44. The lowest BCUT2D eigenvalue weighted by molar-refractivity contribution is -0.144. The van der Waals surface area contributed by atoms with Gasteiger partial charge < -0.3 is 10.2 Å². The average Bonchev–Trinajstić information content (AvgIpc) is 3.22. The van der Waals surface area contributed by atoms with Crippen LogP contribution in [0.25, 0.3) is 0 Å². The molecular formula is C19H24FN3O3. The van der Waals surface area contributed by atoms with Gasteiger partial charge in [0.25, 0.3) is 0 Å². The average molecular weight is 361 g/mol. The maximum Gasteiger partial charge on any atom is 0.248 e. The van der Waals surface area contributed by atoms with Crippen LogP contribution in [-0.4, -0.2) is 47.6 Å². The van der Waals surface area contributed by atoms with Crippen molar-refractivity contribution in [3.8, 4) is 0 Å². The fourth-order valence-electron chi connectivity index (χ4n) is 4.43. The summed E-state index contributed by atoms with van der Waals surface area (Å²) in [6, 6.07) is 5.83. The predicted octanol–water partition coefficient (Wildman–Crippen LogP) is 1.41. The van der Waals surface area contributed by atoms with Crippen molar-refractivity contribution in [3.63, 3.8) is 0 Å². The highest BCUT2D eigenvalue weighted by atomic mass is 19.1. The van der Waals surface area contributed by atoms with Crippen LogP contribution >= 0.6 is 0 Å². The normalized spacial score (nSPS) is 29.6. The van der Waals surface area contributed by atoms with Gasteiger partial charge in [-0.25, -0.2) is 9.87 Å². The molecule has 3 aliphatic rings. The fraction of sp³-hybridized carbons (Fsp3) is 0.579. The monoisotopic (exact) mass is 361 g/mol. The first-order chi connectivity index (χ1) is 12.5. The van der Waals surface area contributed by atoms with Gasteiger partial charge in [-0.3, -0.25) is 14.8 Å². The summed E-state index contributed by atoms with van der Waals surface area (Å²) >= 11 is 0. The van der Waals surface area contributed by atoms with Crippen LogP contribution in [-0.2, 0) is 9.59 Å². The minimum atomic E-state index is -0.597. The second kappa shape index (κ2) is 6.63. The summed E-state index contributed by atoms with van der Waals surface area (Å²) in [5, 5.41) is 12.3. The van der Waals surface area contributed by atoms with Crippen LogP contribution < -0.4 is 10.8 Å². The van der Waals surface area contributed by atoms with Crippen LogP contribution in [0.1, 0.15) is 37.2 Å². The van der Waals surface area contributed by atoms with E-state index in [4.69, 9.17) is 5.21 Å². The van der Waals surface area contributed by atoms with Crippen LogP contribution in [0.3, 0.4) is 0 Å². The molecule has 1 saturated carbocycles. The number of rotatable bonds is 3. The van der Waals surface area contributed by atoms with E-state index >= 15 is 0 Å². The van der Waals surface area contributed by atoms with Crippen LogP contribution in [0, 0.1) is 17.2 Å². The largest absolute Gasteiger partial charge is 0.341 e. The minimum absolute atomic E-state index is 0.0845. The lowest BCUT2D eigenvalue weighted by atomic mass is 9.81. The molecule has 0 aromatic heterocycles. The molecule has 140 valence electrons. The first-order valence-corrected chi connectivity index (χ1v) is 9.23. The van der Waals surface area contributed by atoms with Gasteiger partial charge >= 0.3 is 0 Å². The van der Waals surface area contributed by atoms with Crippen LogP contribution in [0.15, 0.2) is 24.3 Å². The highest BCUT2D eigenvalue weighted by molar-refractivity contribution is 5.90. The molecule has 2 heterocycles. The zero-order chi connectivity index (χ0) is 18.3. The molecule has 3 atom stereocenters. The Morgan fingerprint density at radius 2 is 2.00 bits per heavy atom.